The van der Waals surface area contributed by atoms with Crippen molar-refractivity contribution in [2.75, 3.05) is 72.9 Å². The smallest absolute Gasteiger partial charge is 0.305 e. The number of ether oxygens (including phenoxy) is 3. The second kappa shape index (κ2) is 28.9. The molecule has 8 N–H and O–H groups in total. The molecule has 1 aromatic heterocycles. The number of carbonyl (C=O) groups excluding carboxylic acids is 6. The van der Waals surface area contributed by atoms with Gasteiger partial charge in [0.15, 0.2) is 0 Å². The van der Waals surface area contributed by atoms with Gasteiger partial charge in [0.2, 0.25) is 35.4 Å². The molecule has 2 aromatic carbocycles. The number of nitrogens with one attached hydrogen (secondary N) is 2. The molecule has 0 radical (unpaired) electrons. The number of aromatic nitrogens is 1. The lowest BCUT2D eigenvalue weighted by molar-refractivity contribution is -0.156. The lowest BCUT2D eigenvalue weighted by Gasteiger charge is -2.43. The van der Waals surface area contributed by atoms with Crippen molar-refractivity contribution in [1.82, 2.24) is 29.9 Å². The summed E-state index contributed by atoms with van der Waals surface area (Å²) in [5, 5.41) is 25.4. The highest BCUT2D eigenvalue weighted by molar-refractivity contribution is 5.98. The maximum Gasteiger partial charge on any atom is 0.305 e. The van der Waals surface area contributed by atoms with E-state index < -0.39 is 108 Å². The number of benzene rings is 2. The molecule has 1 aliphatic rings. The summed E-state index contributed by atoms with van der Waals surface area (Å²) in [6.45, 7) is 9.35. The third kappa shape index (κ3) is 16.8. The number of amides is 6. The molecule has 408 valence electrons. The van der Waals surface area contributed by atoms with Crippen LogP contribution >= 0.6 is 0 Å². The molecule has 6 amide bonds. The van der Waals surface area contributed by atoms with Crippen LogP contribution < -0.4 is 22.1 Å². The van der Waals surface area contributed by atoms with Crippen molar-refractivity contribution in [3.63, 3.8) is 0 Å². The highest BCUT2D eigenvalue weighted by Crippen LogP contribution is 2.41. The summed E-state index contributed by atoms with van der Waals surface area (Å²) in [4.78, 5) is 100. The van der Waals surface area contributed by atoms with Crippen LogP contribution in [0.15, 0.2) is 60.8 Å². The molecular weight excluding hydrogens is 967 g/mol. The van der Waals surface area contributed by atoms with Crippen molar-refractivity contribution in [2.45, 2.75) is 103 Å². The van der Waals surface area contributed by atoms with Crippen LogP contribution in [0.5, 0.6) is 0 Å². The van der Waals surface area contributed by atoms with Crippen LogP contribution in [0.3, 0.4) is 0 Å². The largest absolute Gasteiger partial charge is 0.481 e. The third-order valence-electron chi connectivity index (χ3n) is 12.6. The summed E-state index contributed by atoms with van der Waals surface area (Å²) in [5.74, 6) is -8.46. The first-order valence-corrected chi connectivity index (χ1v) is 24.8. The highest BCUT2D eigenvalue weighted by Gasteiger charge is 2.47. The zero-order chi connectivity index (χ0) is 54.7. The van der Waals surface area contributed by atoms with E-state index in [4.69, 9.17) is 25.7 Å². The standard InChI is InChI=1S/C52H74F2N8O12/c1-33(2)46(48(56)68)62(51(71)41-13-10-19-60(41)50(70)39(29-45(66)67)58-43(64)17-21-72-23-25-74-26-24-73-22-18-55)40(49(69)57-6)16-20-61(44(65)32-63)47(52(3,4)5)42-27-35(37-28-36(53)14-15-38(37)54)31-59(42)30-34-11-8-7-9-12-34/h7-9,11-12,14-15,27-28,31,33,39-41,46-47,63H,10,13,16-26,29-30,32,55H2,1-6H3,(H2,56,68)(H,57,69)(H,58,64)(H,66,67)/t39-,40-,41-,46-,47-/m0/s1. The van der Waals surface area contributed by atoms with E-state index in [0.29, 0.717) is 37.6 Å². The summed E-state index contributed by atoms with van der Waals surface area (Å²) in [6.07, 6.45) is 0.511. The SMILES string of the molecule is CNC(=O)[C@H](CCN(C(=O)CO)[C@@H](c1cc(-c2cc(F)ccc2F)cn1Cc1ccccc1)C(C)(C)C)N(C(=O)[C@@H]1CCCN1C(=O)[C@H](CC(=O)O)NC(=O)CCOCCOCCOCCN)[C@H](C(N)=O)C(C)C. The Morgan fingerprint density at radius 1 is 0.919 bits per heavy atom. The van der Waals surface area contributed by atoms with Gasteiger partial charge in [0.25, 0.3) is 0 Å². The van der Waals surface area contributed by atoms with Gasteiger partial charge in [0.05, 0.1) is 52.1 Å². The van der Waals surface area contributed by atoms with Crippen LogP contribution in [0.1, 0.15) is 84.0 Å². The van der Waals surface area contributed by atoms with Crippen LogP contribution in [-0.2, 0) is 54.3 Å². The van der Waals surface area contributed by atoms with E-state index in [9.17, 15) is 43.4 Å². The predicted octanol–water partition coefficient (Wildman–Crippen LogP) is 2.58. The number of carbonyl (C=O) groups is 7. The number of likely N-dealkylation sites (N-methyl/N-ethyl adjacent to an activating group) is 1. The number of aliphatic carboxylic acids is 1. The van der Waals surface area contributed by atoms with Crippen LogP contribution in [0.2, 0.25) is 0 Å². The number of halogens is 2. The van der Waals surface area contributed by atoms with Crippen LogP contribution in [0.4, 0.5) is 8.78 Å². The van der Waals surface area contributed by atoms with Gasteiger partial charge in [0, 0.05) is 62.7 Å². The first-order chi connectivity index (χ1) is 35.1. The summed E-state index contributed by atoms with van der Waals surface area (Å²) in [6, 6.07) is 7.08. The predicted molar refractivity (Wildman–Crippen MR) is 269 cm³/mol. The molecule has 20 nitrogen and oxygen atoms in total. The molecule has 4 rings (SSSR count). The van der Waals surface area contributed by atoms with Gasteiger partial charge in [-0.25, -0.2) is 8.78 Å². The first-order valence-electron chi connectivity index (χ1n) is 24.8. The summed E-state index contributed by atoms with van der Waals surface area (Å²) in [7, 11) is 1.32. The average Bonchev–Trinajstić information content (AvgIpc) is 4.01. The molecule has 0 saturated carbocycles. The normalized spacial score (nSPS) is 15.3. The minimum absolute atomic E-state index is 0.0295. The molecule has 1 saturated heterocycles. The van der Waals surface area contributed by atoms with Crippen molar-refractivity contribution in [3.05, 3.63) is 83.7 Å². The van der Waals surface area contributed by atoms with Crippen LogP contribution in [-0.4, -0.2) is 168 Å². The number of likely N-dealkylation sites (tertiary alicyclic amines) is 1. The highest BCUT2D eigenvalue weighted by atomic mass is 19.1. The van der Waals surface area contributed by atoms with Crippen molar-refractivity contribution >= 4 is 41.4 Å². The molecule has 0 bridgehead atoms. The van der Waals surface area contributed by atoms with Gasteiger partial charge < -0.3 is 65.8 Å². The molecule has 5 atom stereocenters. The van der Waals surface area contributed by atoms with Crippen LogP contribution in [0.25, 0.3) is 11.1 Å². The Hall–Kier alpha value is -6.33. The number of carboxylic acid groups (broad SMARTS) is 1. The molecular formula is C52H74F2N8O12. The number of primary amides is 1. The van der Waals surface area contributed by atoms with Crippen molar-refractivity contribution in [1.29, 1.82) is 0 Å². The van der Waals surface area contributed by atoms with Gasteiger partial charge >= 0.3 is 5.97 Å². The Morgan fingerprint density at radius 2 is 1.57 bits per heavy atom. The van der Waals surface area contributed by atoms with E-state index in [1.165, 1.54) is 11.9 Å². The fourth-order valence-electron chi connectivity index (χ4n) is 9.29. The fraction of sp³-hybridized carbons (Fsp3) is 0.558. The minimum Gasteiger partial charge on any atom is -0.481 e. The second-order valence-corrected chi connectivity index (χ2v) is 19.4. The summed E-state index contributed by atoms with van der Waals surface area (Å²) in [5.41, 5.74) is 12.1. The minimum atomic E-state index is -1.61. The van der Waals surface area contributed by atoms with Crippen molar-refractivity contribution in [3.8, 4) is 11.1 Å². The van der Waals surface area contributed by atoms with Gasteiger partial charge in [-0.15, -0.1) is 0 Å². The Morgan fingerprint density at radius 3 is 2.15 bits per heavy atom. The lowest BCUT2D eigenvalue weighted by Crippen LogP contribution is -2.64. The molecule has 74 heavy (non-hydrogen) atoms. The lowest BCUT2D eigenvalue weighted by atomic mass is 9.82. The van der Waals surface area contributed by atoms with Gasteiger partial charge in [-0.05, 0) is 60.4 Å². The molecule has 1 fully saturated rings. The van der Waals surface area contributed by atoms with Gasteiger partial charge in [-0.2, -0.15) is 0 Å². The Balaban J connectivity index is 1.70. The summed E-state index contributed by atoms with van der Waals surface area (Å²) >= 11 is 0. The zero-order valence-corrected chi connectivity index (χ0v) is 43.2. The van der Waals surface area contributed by atoms with E-state index in [1.54, 1.807) is 30.7 Å². The number of aliphatic hydroxyl groups excluding tert-OH is 1. The molecule has 0 unspecified atom stereocenters. The number of nitrogens with zero attached hydrogens (tertiary/aromatic N) is 4. The van der Waals surface area contributed by atoms with Crippen molar-refractivity contribution < 1.29 is 66.8 Å². The van der Waals surface area contributed by atoms with E-state index in [-0.39, 0.29) is 70.7 Å². The number of carboxylic acids is 1. The number of rotatable bonds is 30. The second-order valence-electron chi connectivity index (χ2n) is 19.4. The van der Waals surface area contributed by atoms with Crippen molar-refractivity contribution in [2.24, 2.45) is 22.8 Å². The maximum atomic E-state index is 15.4. The molecule has 1 aliphatic heterocycles. The molecule has 0 aliphatic carbocycles. The number of hydrogen-bond acceptors (Lipinski definition) is 12. The third-order valence-corrected chi connectivity index (χ3v) is 12.6. The fourth-order valence-corrected chi connectivity index (χ4v) is 9.29. The van der Waals surface area contributed by atoms with Crippen LogP contribution in [0, 0.1) is 23.0 Å². The number of aliphatic hydroxyl groups is 1. The quantitative estimate of drug-likeness (QED) is 0.0525. The molecule has 3 aromatic rings. The van der Waals surface area contributed by atoms with E-state index in [0.717, 1.165) is 33.6 Å². The number of nitrogens with two attached hydrogens (primary N) is 2. The van der Waals surface area contributed by atoms with E-state index >= 15 is 9.18 Å². The molecule has 22 heteroatoms. The monoisotopic (exact) mass is 1040 g/mol. The average molecular weight is 1040 g/mol. The number of hydrogen-bond donors (Lipinski definition) is 6. The zero-order valence-electron chi connectivity index (χ0n) is 43.2. The maximum absolute atomic E-state index is 15.4. The first kappa shape index (κ1) is 60.2. The van der Waals surface area contributed by atoms with Gasteiger partial charge in [-0.3, -0.25) is 33.6 Å². The van der Waals surface area contributed by atoms with Gasteiger partial charge in [-0.1, -0.05) is 65.0 Å². The summed E-state index contributed by atoms with van der Waals surface area (Å²) < 4.78 is 47.9. The Kier molecular flexibility index (Phi) is 23.6. The Labute approximate surface area is 431 Å². The van der Waals surface area contributed by atoms with Gasteiger partial charge in [0.1, 0.15) is 42.4 Å². The van der Waals surface area contributed by atoms with E-state index in [1.807, 2.05) is 51.1 Å². The Bertz CT molecular complexity index is 2360. The topological polar surface area (TPSA) is 278 Å². The van der Waals surface area contributed by atoms with E-state index in [2.05, 4.69) is 10.6 Å². The molecule has 0 spiro atoms. The molecule has 2 heterocycles.